The monoisotopic (exact) mass is 300 g/mol. The second-order valence-corrected chi connectivity index (χ2v) is 4.81. The number of esters is 1. The highest BCUT2D eigenvalue weighted by Crippen LogP contribution is 2.23. The molecule has 5 heteroatoms. The van der Waals surface area contributed by atoms with Gasteiger partial charge in [0.15, 0.2) is 0 Å². The van der Waals surface area contributed by atoms with Crippen LogP contribution in [0.2, 0.25) is 0 Å². The van der Waals surface area contributed by atoms with Gasteiger partial charge in [-0.1, -0.05) is 15.9 Å². The van der Waals surface area contributed by atoms with Crippen LogP contribution in [0.4, 0.5) is 0 Å². The number of rotatable bonds is 3. The minimum atomic E-state index is -0.528. The molecule has 0 unspecified atom stereocenters. The van der Waals surface area contributed by atoms with E-state index in [1.165, 1.54) is 12.1 Å². The molecule has 2 rings (SSSR count). The molecule has 0 aliphatic carbocycles. The molecule has 1 aromatic rings. The highest BCUT2D eigenvalue weighted by atomic mass is 79.9. The Balaban J connectivity index is 1.96. The Bertz CT molecular complexity index is 413. The van der Waals surface area contributed by atoms with Crippen LogP contribution in [-0.2, 0) is 9.47 Å². The first kappa shape index (κ1) is 12.4. The van der Waals surface area contributed by atoms with E-state index in [-0.39, 0.29) is 24.0 Å². The predicted octanol–water partition coefficient (Wildman–Crippen LogP) is 2.49. The summed E-state index contributed by atoms with van der Waals surface area (Å²) < 4.78 is 11.2. The summed E-state index contributed by atoms with van der Waals surface area (Å²) in [6.07, 6.45) is 1.91. The third-order valence-corrected chi connectivity index (χ3v) is 3.10. The van der Waals surface area contributed by atoms with E-state index in [1.807, 2.05) is 0 Å². The van der Waals surface area contributed by atoms with Crippen LogP contribution in [-0.4, -0.2) is 30.4 Å². The van der Waals surface area contributed by atoms with E-state index in [0.717, 1.165) is 23.9 Å². The van der Waals surface area contributed by atoms with Gasteiger partial charge in [0.2, 0.25) is 0 Å². The standard InChI is InChI=1S/C12H13BrO4/c13-8-3-4-11(14)10(6-8)12(15)17-7-9-2-1-5-16-9/h3-4,6,9,14H,1-2,5,7H2/t9-/m1/s1. The summed E-state index contributed by atoms with van der Waals surface area (Å²) in [6, 6.07) is 4.64. The quantitative estimate of drug-likeness (QED) is 0.872. The number of carbonyl (C=O) groups excluding carboxylic acids is 1. The van der Waals surface area contributed by atoms with Gasteiger partial charge in [0.1, 0.15) is 17.9 Å². The van der Waals surface area contributed by atoms with E-state index in [4.69, 9.17) is 9.47 Å². The molecule has 0 saturated carbocycles. The Morgan fingerprint density at radius 3 is 3.12 bits per heavy atom. The largest absolute Gasteiger partial charge is 0.507 e. The van der Waals surface area contributed by atoms with Gasteiger partial charge in [0.25, 0.3) is 0 Å². The third-order valence-electron chi connectivity index (χ3n) is 2.60. The summed E-state index contributed by atoms with van der Waals surface area (Å²) in [5, 5.41) is 9.54. The van der Waals surface area contributed by atoms with Gasteiger partial charge in [-0.15, -0.1) is 0 Å². The van der Waals surface area contributed by atoms with Crippen molar-refractivity contribution in [2.24, 2.45) is 0 Å². The molecule has 92 valence electrons. The normalized spacial score (nSPS) is 19.2. The van der Waals surface area contributed by atoms with Crippen molar-refractivity contribution in [2.45, 2.75) is 18.9 Å². The van der Waals surface area contributed by atoms with Crippen molar-refractivity contribution in [1.82, 2.24) is 0 Å². The van der Waals surface area contributed by atoms with Crippen LogP contribution in [0.1, 0.15) is 23.2 Å². The Morgan fingerprint density at radius 1 is 1.59 bits per heavy atom. The lowest BCUT2D eigenvalue weighted by molar-refractivity contribution is 0.0159. The fourth-order valence-electron chi connectivity index (χ4n) is 1.69. The van der Waals surface area contributed by atoms with Crippen LogP contribution in [0, 0.1) is 0 Å². The van der Waals surface area contributed by atoms with E-state index in [2.05, 4.69) is 15.9 Å². The molecule has 0 amide bonds. The molecule has 17 heavy (non-hydrogen) atoms. The third kappa shape index (κ3) is 3.20. The molecule has 1 aromatic carbocycles. The van der Waals surface area contributed by atoms with Crippen LogP contribution >= 0.6 is 15.9 Å². The Hall–Kier alpha value is -1.07. The highest BCUT2D eigenvalue weighted by molar-refractivity contribution is 9.10. The van der Waals surface area contributed by atoms with Crippen molar-refractivity contribution in [1.29, 1.82) is 0 Å². The van der Waals surface area contributed by atoms with E-state index in [1.54, 1.807) is 6.07 Å². The molecule has 1 saturated heterocycles. The maximum Gasteiger partial charge on any atom is 0.342 e. The zero-order chi connectivity index (χ0) is 12.3. The summed E-state index contributed by atoms with van der Waals surface area (Å²) in [4.78, 5) is 11.7. The minimum absolute atomic E-state index is 0.00625. The number of ether oxygens (including phenoxy) is 2. The van der Waals surface area contributed by atoms with E-state index in [0.29, 0.717) is 0 Å². The number of hydrogen-bond acceptors (Lipinski definition) is 4. The lowest BCUT2D eigenvalue weighted by Crippen LogP contribution is -2.17. The molecule has 1 aliphatic rings. The average molecular weight is 301 g/mol. The SMILES string of the molecule is O=C(OC[C@H]1CCCO1)c1cc(Br)ccc1O. The van der Waals surface area contributed by atoms with Crippen LogP contribution in [0.15, 0.2) is 22.7 Å². The number of phenolic OH excluding ortho intramolecular Hbond substituents is 1. The molecule has 0 bridgehead atoms. The molecule has 4 nitrogen and oxygen atoms in total. The lowest BCUT2D eigenvalue weighted by Gasteiger charge is -2.10. The first-order valence-electron chi connectivity index (χ1n) is 5.44. The molecule has 0 aromatic heterocycles. The second kappa shape index (κ2) is 5.51. The zero-order valence-corrected chi connectivity index (χ0v) is 10.8. The number of phenols is 1. The molecule has 1 N–H and O–H groups in total. The number of hydrogen-bond donors (Lipinski definition) is 1. The first-order valence-corrected chi connectivity index (χ1v) is 6.23. The van der Waals surface area contributed by atoms with Gasteiger partial charge >= 0.3 is 5.97 Å². The van der Waals surface area contributed by atoms with Gasteiger partial charge in [-0.25, -0.2) is 4.79 Å². The fraction of sp³-hybridized carbons (Fsp3) is 0.417. The fourth-order valence-corrected chi connectivity index (χ4v) is 2.06. The van der Waals surface area contributed by atoms with Crippen molar-refractivity contribution in [3.05, 3.63) is 28.2 Å². The maximum absolute atomic E-state index is 11.7. The number of aromatic hydroxyl groups is 1. The Kier molecular flexibility index (Phi) is 4.02. The summed E-state index contributed by atoms with van der Waals surface area (Å²) in [6.45, 7) is 0.967. The number of halogens is 1. The first-order chi connectivity index (χ1) is 8.16. The van der Waals surface area contributed by atoms with Gasteiger partial charge in [0.05, 0.1) is 6.10 Å². The smallest absolute Gasteiger partial charge is 0.342 e. The maximum atomic E-state index is 11.7. The van der Waals surface area contributed by atoms with Crippen LogP contribution < -0.4 is 0 Å². The summed E-state index contributed by atoms with van der Waals surface area (Å²) in [7, 11) is 0. The van der Waals surface area contributed by atoms with Crippen molar-refractivity contribution >= 4 is 21.9 Å². The molecular weight excluding hydrogens is 288 g/mol. The summed E-state index contributed by atoms with van der Waals surface area (Å²) >= 11 is 3.24. The topological polar surface area (TPSA) is 55.8 Å². The van der Waals surface area contributed by atoms with E-state index < -0.39 is 5.97 Å². The Labute approximate surface area is 108 Å². The van der Waals surface area contributed by atoms with Crippen LogP contribution in [0.25, 0.3) is 0 Å². The van der Waals surface area contributed by atoms with Gasteiger partial charge in [0, 0.05) is 11.1 Å². The van der Waals surface area contributed by atoms with Crippen molar-refractivity contribution in [3.8, 4) is 5.75 Å². The second-order valence-electron chi connectivity index (χ2n) is 3.89. The minimum Gasteiger partial charge on any atom is -0.507 e. The van der Waals surface area contributed by atoms with Crippen LogP contribution in [0.5, 0.6) is 5.75 Å². The van der Waals surface area contributed by atoms with Crippen molar-refractivity contribution in [2.75, 3.05) is 13.2 Å². The van der Waals surface area contributed by atoms with Crippen molar-refractivity contribution in [3.63, 3.8) is 0 Å². The molecule has 0 radical (unpaired) electrons. The van der Waals surface area contributed by atoms with Crippen LogP contribution in [0.3, 0.4) is 0 Å². The molecule has 0 spiro atoms. The predicted molar refractivity (Wildman–Crippen MR) is 65.1 cm³/mol. The lowest BCUT2D eigenvalue weighted by atomic mass is 10.2. The molecule has 1 fully saturated rings. The Morgan fingerprint density at radius 2 is 2.41 bits per heavy atom. The van der Waals surface area contributed by atoms with Gasteiger partial charge < -0.3 is 14.6 Å². The average Bonchev–Trinajstić information content (AvgIpc) is 2.82. The van der Waals surface area contributed by atoms with Gasteiger partial charge in [-0.3, -0.25) is 0 Å². The number of carbonyl (C=O) groups is 1. The van der Waals surface area contributed by atoms with Crippen molar-refractivity contribution < 1.29 is 19.4 Å². The molecular formula is C12H13BrO4. The van der Waals surface area contributed by atoms with E-state index in [9.17, 15) is 9.90 Å². The molecule has 1 aliphatic heterocycles. The number of benzene rings is 1. The van der Waals surface area contributed by atoms with Gasteiger partial charge in [-0.05, 0) is 31.0 Å². The zero-order valence-electron chi connectivity index (χ0n) is 9.19. The summed E-state index contributed by atoms with van der Waals surface area (Å²) in [5.74, 6) is -0.607. The highest BCUT2D eigenvalue weighted by Gasteiger charge is 2.19. The summed E-state index contributed by atoms with van der Waals surface area (Å²) in [5.41, 5.74) is 0.164. The molecule has 1 atom stereocenters. The molecule has 1 heterocycles. The van der Waals surface area contributed by atoms with Gasteiger partial charge in [-0.2, -0.15) is 0 Å². The van der Waals surface area contributed by atoms with E-state index >= 15 is 0 Å².